The number of rotatable bonds is 1. The van der Waals surface area contributed by atoms with Crippen LogP contribution in [-0.2, 0) is 12.8 Å². The van der Waals surface area contributed by atoms with E-state index in [0.29, 0.717) is 39.3 Å². The van der Waals surface area contributed by atoms with Gasteiger partial charge in [0, 0.05) is 52.4 Å². The third-order valence-corrected chi connectivity index (χ3v) is 6.42. The zero-order valence-corrected chi connectivity index (χ0v) is 19.0. The number of halogens is 3. The molecule has 12 heteroatoms. The van der Waals surface area contributed by atoms with Gasteiger partial charge in [-0.05, 0) is 18.1 Å². The summed E-state index contributed by atoms with van der Waals surface area (Å²) in [4.78, 5) is 24.2. The van der Waals surface area contributed by atoms with E-state index in [1.165, 1.54) is 6.20 Å². The summed E-state index contributed by atoms with van der Waals surface area (Å²) < 4.78 is 38.8. The Hall–Kier alpha value is -4.78. The van der Waals surface area contributed by atoms with Crippen LogP contribution in [-0.4, -0.2) is 25.4 Å². The molecule has 0 bridgehead atoms. The molecule has 0 radical (unpaired) electrons. The van der Waals surface area contributed by atoms with Gasteiger partial charge in [-0.15, -0.1) is 0 Å². The van der Waals surface area contributed by atoms with Crippen LogP contribution in [0.25, 0.3) is 43.6 Å². The lowest BCUT2D eigenvalue weighted by molar-refractivity contribution is -0.0329. The summed E-state index contributed by atoms with van der Waals surface area (Å²) in [6, 6.07) is 3.81. The van der Waals surface area contributed by atoms with Crippen molar-refractivity contribution < 1.29 is 13.2 Å². The quantitative estimate of drug-likeness (QED) is 0.257. The summed E-state index contributed by atoms with van der Waals surface area (Å²) >= 11 is -0.406. The number of hydrogen-bond donors (Lipinski definition) is 0. The first-order valence-electron chi connectivity index (χ1n) is 10.2. The zero-order chi connectivity index (χ0) is 25.8. The van der Waals surface area contributed by atoms with Crippen LogP contribution in [0.4, 0.5) is 13.2 Å². The first kappa shape index (κ1) is 23.0. The van der Waals surface area contributed by atoms with E-state index < -0.39 is 17.3 Å². The van der Waals surface area contributed by atoms with Gasteiger partial charge in [-0.1, -0.05) is 0 Å². The molecule has 0 fully saturated rings. The molecule has 8 nitrogen and oxygen atoms in total. The number of benzene rings is 1. The van der Waals surface area contributed by atoms with Crippen molar-refractivity contribution in [2.75, 3.05) is 0 Å². The van der Waals surface area contributed by atoms with E-state index in [-0.39, 0.29) is 51.1 Å². The molecule has 0 amide bonds. The number of hydrogen-bond acceptors (Lipinski definition) is 7. The largest absolute Gasteiger partial charge is 0.447 e. The lowest BCUT2D eigenvalue weighted by Gasteiger charge is -2.12. The van der Waals surface area contributed by atoms with E-state index >= 15 is 0 Å². The van der Waals surface area contributed by atoms with Gasteiger partial charge in [-0.3, -0.25) is 15.0 Å². The molecule has 2 heterocycles. The van der Waals surface area contributed by atoms with Gasteiger partial charge in [0.1, 0.15) is 5.03 Å². The van der Waals surface area contributed by atoms with Crippen LogP contribution in [0.1, 0.15) is 28.2 Å². The molecular formula is C24H9F3N8S. The van der Waals surface area contributed by atoms with Gasteiger partial charge < -0.3 is 0 Å². The van der Waals surface area contributed by atoms with Gasteiger partial charge in [0.25, 0.3) is 11.4 Å². The molecule has 1 aromatic carbocycles. The smallest absolute Gasteiger partial charge is 0.254 e. The van der Waals surface area contributed by atoms with Crippen molar-refractivity contribution in [3.05, 3.63) is 73.9 Å². The highest BCUT2D eigenvalue weighted by Crippen LogP contribution is 2.40. The van der Waals surface area contributed by atoms with Crippen LogP contribution in [0.15, 0.2) is 17.4 Å². The Morgan fingerprint density at radius 2 is 1.42 bits per heavy atom. The monoisotopic (exact) mass is 498 g/mol. The van der Waals surface area contributed by atoms with Gasteiger partial charge in [0.2, 0.25) is 0 Å². The molecule has 0 atom stereocenters. The Labute approximate surface area is 205 Å². The SMILES string of the molecule is [C-]#[N+]/C(C#N)=c1/c2c(/c(=C(\C#N)[N+]#[C-])c3c1-c1ncc(C)nc1C3)-c1ncc(SC(F)(F)F)nc1C2. The molecule has 2 aliphatic rings. The number of aromatic nitrogens is 4. The molecule has 0 saturated carbocycles. The van der Waals surface area contributed by atoms with Crippen LogP contribution >= 0.6 is 11.8 Å². The summed E-state index contributed by atoms with van der Waals surface area (Å²) in [5, 5.41) is 19.7. The van der Waals surface area contributed by atoms with Crippen LogP contribution in [0.2, 0.25) is 0 Å². The minimum absolute atomic E-state index is 0.0361. The fraction of sp³-hybridized carbons (Fsp3) is 0.167. The van der Waals surface area contributed by atoms with Gasteiger partial charge in [0.05, 0.1) is 59.9 Å². The lowest BCUT2D eigenvalue weighted by Crippen LogP contribution is -2.26. The molecule has 0 aliphatic heterocycles. The van der Waals surface area contributed by atoms with Crippen molar-refractivity contribution in [1.82, 2.24) is 19.9 Å². The van der Waals surface area contributed by atoms with E-state index in [1.54, 1.807) is 6.92 Å². The van der Waals surface area contributed by atoms with E-state index in [9.17, 15) is 23.7 Å². The molecule has 0 unspecified atom stereocenters. The van der Waals surface area contributed by atoms with Crippen LogP contribution in [0.5, 0.6) is 0 Å². The van der Waals surface area contributed by atoms with Gasteiger partial charge >= 0.3 is 5.51 Å². The predicted molar refractivity (Wildman–Crippen MR) is 121 cm³/mol. The Balaban J connectivity index is 1.97. The predicted octanol–water partition coefficient (Wildman–Crippen LogP) is 3.43. The highest BCUT2D eigenvalue weighted by Gasteiger charge is 2.36. The maximum absolute atomic E-state index is 12.9. The number of alkyl halides is 3. The number of nitriles is 2. The van der Waals surface area contributed by atoms with Crippen LogP contribution in [0, 0.1) is 42.7 Å². The first-order chi connectivity index (χ1) is 17.2. The number of aryl methyl sites for hydroxylation is 1. The third kappa shape index (κ3) is 3.44. The highest BCUT2D eigenvalue weighted by molar-refractivity contribution is 8.00. The van der Waals surface area contributed by atoms with E-state index in [4.69, 9.17) is 13.1 Å². The Morgan fingerprint density at radius 3 is 1.89 bits per heavy atom. The summed E-state index contributed by atoms with van der Waals surface area (Å²) in [7, 11) is 0. The molecule has 0 saturated heterocycles. The Kier molecular flexibility index (Phi) is 5.21. The van der Waals surface area contributed by atoms with Crippen LogP contribution < -0.4 is 10.4 Å². The van der Waals surface area contributed by atoms with E-state index in [0.717, 1.165) is 6.20 Å². The number of thioether (sulfide) groups is 1. The normalized spacial score (nSPS) is 14.2. The van der Waals surface area contributed by atoms with Crippen molar-refractivity contribution in [3.63, 3.8) is 0 Å². The summed E-state index contributed by atoms with van der Waals surface area (Å²) in [6.07, 6.45) is 2.68. The fourth-order valence-corrected chi connectivity index (χ4v) is 5.13. The molecule has 5 rings (SSSR count). The average molecular weight is 498 g/mol. The second-order valence-electron chi connectivity index (χ2n) is 7.81. The topological polar surface area (TPSA) is 108 Å². The zero-order valence-electron chi connectivity index (χ0n) is 18.2. The molecule has 0 spiro atoms. The fourth-order valence-electron chi connectivity index (χ4n) is 4.63. The maximum Gasteiger partial charge on any atom is 0.447 e. The maximum atomic E-state index is 12.9. The molecule has 2 aliphatic carbocycles. The van der Waals surface area contributed by atoms with Crippen molar-refractivity contribution in [1.29, 1.82) is 10.5 Å². The number of nitrogens with zero attached hydrogens (tertiary/aromatic N) is 8. The van der Waals surface area contributed by atoms with Crippen molar-refractivity contribution in [3.8, 4) is 34.7 Å². The molecule has 3 aromatic rings. The number of fused-ring (bicyclic) bond motifs is 6. The summed E-state index contributed by atoms with van der Waals surface area (Å²) in [5.41, 5.74) is -1.36. The van der Waals surface area contributed by atoms with Gasteiger partial charge in [0.15, 0.2) is 0 Å². The second kappa shape index (κ2) is 8.16. The van der Waals surface area contributed by atoms with Crippen LogP contribution in [0.3, 0.4) is 0 Å². The Morgan fingerprint density at radius 1 is 0.917 bits per heavy atom. The molecule has 0 N–H and O–H groups in total. The van der Waals surface area contributed by atoms with E-state index in [1.807, 2.05) is 12.1 Å². The first-order valence-corrected chi connectivity index (χ1v) is 11.0. The molecule has 172 valence electrons. The molecule has 2 aromatic heterocycles. The Bertz CT molecular complexity index is 1780. The summed E-state index contributed by atoms with van der Waals surface area (Å²) in [5.74, 6) is 0. The van der Waals surface area contributed by atoms with Crippen molar-refractivity contribution in [2.45, 2.75) is 30.3 Å². The summed E-state index contributed by atoms with van der Waals surface area (Å²) in [6.45, 7) is 17.0. The second-order valence-corrected chi connectivity index (χ2v) is 8.90. The third-order valence-electron chi connectivity index (χ3n) is 5.79. The standard InChI is InChI=1S/C24H9F3N8S/c1-10-8-32-22-13(34-10)4-11-18(15(6-28)30-2)21-12(19(20(11)22)16(7-29)31-3)5-14-23(21)33-9-17(35-14)36-24(25,26)27/h8-9H,4-5H2,1H3/b18-15+,19-16-. The lowest BCUT2D eigenvalue weighted by atomic mass is 9.92. The van der Waals surface area contributed by atoms with Gasteiger partial charge in [-0.2, -0.15) is 13.2 Å². The van der Waals surface area contributed by atoms with Crippen molar-refractivity contribution in [2.24, 2.45) is 0 Å². The molecular weight excluding hydrogens is 489 g/mol. The average Bonchev–Trinajstić information content (AvgIpc) is 3.38. The molecule has 36 heavy (non-hydrogen) atoms. The van der Waals surface area contributed by atoms with Gasteiger partial charge in [-0.25, -0.2) is 25.2 Å². The van der Waals surface area contributed by atoms with E-state index in [2.05, 4.69) is 29.6 Å². The minimum Gasteiger partial charge on any atom is -0.254 e. The minimum atomic E-state index is -4.57. The van der Waals surface area contributed by atoms with Crippen molar-refractivity contribution >= 4 is 23.2 Å². The highest BCUT2D eigenvalue weighted by atomic mass is 32.2.